The Labute approximate surface area is 108 Å². The molecule has 0 amide bonds. The van der Waals surface area contributed by atoms with Crippen molar-refractivity contribution in [1.82, 2.24) is 4.90 Å². The van der Waals surface area contributed by atoms with Crippen molar-refractivity contribution in [3.8, 4) is 0 Å². The Hall–Kier alpha value is -0.380. The fraction of sp³-hybridized carbons (Fsp3) is 0.714. The van der Waals surface area contributed by atoms with Crippen molar-refractivity contribution in [3.63, 3.8) is 0 Å². The van der Waals surface area contributed by atoms with Crippen LogP contribution in [0.5, 0.6) is 0 Å². The van der Waals surface area contributed by atoms with Crippen LogP contribution in [-0.4, -0.2) is 28.6 Å². The summed E-state index contributed by atoms with van der Waals surface area (Å²) in [6.07, 6.45) is 3.48. The fourth-order valence-corrected chi connectivity index (χ4v) is 3.38. The van der Waals surface area contributed by atoms with Crippen LogP contribution in [0.4, 0.5) is 0 Å². The maximum atomic E-state index is 10.6. The van der Waals surface area contributed by atoms with Crippen LogP contribution < -0.4 is 0 Å². The molecule has 1 aliphatic rings. The van der Waals surface area contributed by atoms with Gasteiger partial charge < -0.3 is 5.11 Å². The lowest BCUT2D eigenvalue weighted by Gasteiger charge is -2.43. The normalized spacial score (nSPS) is 20.5. The van der Waals surface area contributed by atoms with Crippen LogP contribution in [0.15, 0.2) is 11.4 Å². The zero-order valence-corrected chi connectivity index (χ0v) is 11.9. The predicted octanol–water partition coefficient (Wildman–Crippen LogP) is 3.35. The molecule has 0 bridgehead atoms. The number of piperidine rings is 1. The molecule has 1 saturated heterocycles. The van der Waals surface area contributed by atoms with E-state index >= 15 is 0 Å². The minimum Gasteiger partial charge on any atom is -0.386 e. The largest absolute Gasteiger partial charge is 0.386 e. The van der Waals surface area contributed by atoms with Crippen molar-refractivity contribution in [2.75, 3.05) is 13.1 Å². The zero-order valence-electron chi connectivity index (χ0n) is 11.1. The Kier molecular flexibility index (Phi) is 3.91. The van der Waals surface area contributed by atoms with Gasteiger partial charge in [-0.05, 0) is 63.7 Å². The van der Waals surface area contributed by atoms with Crippen LogP contribution in [-0.2, 0) is 0 Å². The highest BCUT2D eigenvalue weighted by Gasteiger charge is 2.36. The second-order valence-corrected chi connectivity index (χ2v) is 6.71. The first kappa shape index (κ1) is 13.1. The van der Waals surface area contributed by atoms with E-state index in [2.05, 4.69) is 37.1 Å². The average molecular weight is 253 g/mol. The van der Waals surface area contributed by atoms with E-state index in [1.165, 1.54) is 24.1 Å². The van der Waals surface area contributed by atoms with Crippen LogP contribution in [0.3, 0.4) is 0 Å². The van der Waals surface area contributed by atoms with Gasteiger partial charge in [0.05, 0.1) is 6.10 Å². The van der Waals surface area contributed by atoms with E-state index < -0.39 is 0 Å². The number of nitrogens with zero attached hydrogens (tertiary/aromatic N) is 1. The summed E-state index contributed by atoms with van der Waals surface area (Å²) >= 11 is 1.72. The van der Waals surface area contributed by atoms with Gasteiger partial charge in [0.15, 0.2) is 0 Å². The van der Waals surface area contributed by atoms with Crippen molar-refractivity contribution in [3.05, 3.63) is 21.9 Å². The molecule has 0 aromatic carbocycles. The Morgan fingerprint density at radius 3 is 2.47 bits per heavy atom. The molecule has 1 aliphatic heterocycles. The van der Waals surface area contributed by atoms with Gasteiger partial charge in [-0.25, -0.2) is 0 Å². The third-order valence-electron chi connectivity index (χ3n) is 3.91. The lowest BCUT2D eigenvalue weighted by Crippen LogP contribution is -2.50. The van der Waals surface area contributed by atoms with E-state index in [-0.39, 0.29) is 11.6 Å². The van der Waals surface area contributed by atoms with Gasteiger partial charge in [-0.3, -0.25) is 4.90 Å². The summed E-state index contributed by atoms with van der Waals surface area (Å²) in [7, 11) is 0. The van der Waals surface area contributed by atoms with Crippen molar-refractivity contribution in [1.29, 1.82) is 0 Å². The molecular formula is C14H23NOS. The molecule has 2 nitrogen and oxygen atoms in total. The number of rotatable bonds is 3. The first-order valence-electron chi connectivity index (χ1n) is 6.50. The van der Waals surface area contributed by atoms with E-state index in [0.29, 0.717) is 0 Å². The molecule has 1 aromatic heterocycles. The van der Waals surface area contributed by atoms with E-state index in [1.54, 1.807) is 11.3 Å². The molecule has 0 saturated carbocycles. The Bertz CT molecular complexity index is 366. The maximum absolute atomic E-state index is 10.6. The number of hydrogen-bond acceptors (Lipinski definition) is 3. The number of aryl methyl sites for hydroxylation is 1. The van der Waals surface area contributed by atoms with Gasteiger partial charge in [0.2, 0.25) is 0 Å². The predicted molar refractivity (Wildman–Crippen MR) is 73.5 cm³/mol. The second kappa shape index (κ2) is 5.09. The van der Waals surface area contributed by atoms with Gasteiger partial charge in [0.25, 0.3) is 0 Å². The monoisotopic (exact) mass is 253 g/mol. The third-order valence-corrected chi connectivity index (χ3v) is 4.79. The Balaban J connectivity index is 2.13. The van der Waals surface area contributed by atoms with Crippen LogP contribution >= 0.6 is 11.3 Å². The van der Waals surface area contributed by atoms with Crippen molar-refractivity contribution >= 4 is 11.3 Å². The molecule has 2 heterocycles. The molecule has 1 atom stereocenters. The minimum absolute atomic E-state index is 0.159. The SMILES string of the molecule is Cc1cc(C(O)C(C)(C)N2CCCCC2)cs1. The van der Waals surface area contributed by atoms with Crippen molar-refractivity contribution < 1.29 is 5.11 Å². The van der Waals surface area contributed by atoms with Gasteiger partial charge in [0.1, 0.15) is 0 Å². The minimum atomic E-state index is -0.384. The summed E-state index contributed by atoms with van der Waals surface area (Å²) in [5.41, 5.74) is 0.913. The van der Waals surface area contributed by atoms with Gasteiger partial charge in [-0.15, -0.1) is 11.3 Å². The van der Waals surface area contributed by atoms with Gasteiger partial charge in [-0.1, -0.05) is 6.42 Å². The number of aliphatic hydroxyl groups excluding tert-OH is 1. The summed E-state index contributed by atoms with van der Waals surface area (Å²) in [5, 5.41) is 12.7. The van der Waals surface area contributed by atoms with Crippen molar-refractivity contribution in [2.24, 2.45) is 0 Å². The molecule has 1 fully saturated rings. The van der Waals surface area contributed by atoms with Gasteiger partial charge >= 0.3 is 0 Å². The standard InChI is InChI=1S/C14H23NOS/c1-11-9-12(10-17-11)13(16)14(2,3)15-7-5-4-6-8-15/h9-10,13,16H,4-8H2,1-3H3. The average Bonchev–Trinajstić information content (AvgIpc) is 2.76. The summed E-state index contributed by atoms with van der Waals surface area (Å²) in [6.45, 7) is 8.65. The van der Waals surface area contributed by atoms with Crippen molar-refractivity contribution in [2.45, 2.75) is 51.7 Å². The first-order chi connectivity index (χ1) is 8.01. The van der Waals surface area contributed by atoms with E-state index in [1.807, 2.05) is 0 Å². The quantitative estimate of drug-likeness (QED) is 0.893. The zero-order chi connectivity index (χ0) is 12.5. The Morgan fingerprint density at radius 2 is 1.94 bits per heavy atom. The fourth-order valence-electron chi connectivity index (χ4n) is 2.66. The molecule has 96 valence electrons. The van der Waals surface area contributed by atoms with Gasteiger partial charge in [0, 0.05) is 10.4 Å². The van der Waals surface area contributed by atoms with Crippen LogP contribution in [0.2, 0.25) is 0 Å². The molecule has 2 rings (SSSR count). The maximum Gasteiger partial charge on any atom is 0.0976 e. The molecule has 0 aliphatic carbocycles. The molecule has 3 heteroatoms. The van der Waals surface area contributed by atoms with Crippen LogP contribution in [0.25, 0.3) is 0 Å². The molecule has 0 spiro atoms. The molecule has 1 aromatic rings. The summed E-state index contributed by atoms with van der Waals surface area (Å²) < 4.78 is 0. The lowest BCUT2D eigenvalue weighted by molar-refractivity contribution is -0.0206. The molecular weight excluding hydrogens is 230 g/mol. The summed E-state index contributed by atoms with van der Waals surface area (Å²) in [6, 6.07) is 2.11. The van der Waals surface area contributed by atoms with E-state index in [0.717, 1.165) is 18.7 Å². The highest BCUT2D eigenvalue weighted by Crippen LogP contribution is 2.34. The topological polar surface area (TPSA) is 23.5 Å². The molecule has 1 unspecified atom stereocenters. The van der Waals surface area contributed by atoms with Crippen LogP contribution in [0, 0.1) is 6.92 Å². The molecule has 17 heavy (non-hydrogen) atoms. The number of likely N-dealkylation sites (tertiary alicyclic amines) is 1. The molecule has 1 N–H and O–H groups in total. The first-order valence-corrected chi connectivity index (χ1v) is 7.38. The third kappa shape index (κ3) is 2.72. The Morgan fingerprint density at radius 1 is 1.29 bits per heavy atom. The number of thiophene rings is 1. The highest BCUT2D eigenvalue weighted by atomic mass is 32.1. The van der Waals surface area contributed by atoms with Crippen LogP contribution in [0.1, 0.15) is 49.7 Å². The smallest absolute Gasteiger partial charge is 0.0976 e. The summed E-state index contributed by atoms with van der Waals surface area (Å²) in [5.74, 6) is 0. The van der Waals surface area contributed by atoms with E-state index in [4.69, 9.17) is 0 Å². The highest BCUT2D eigenvalue weighted by molar-refractivity contribution is 7.10. The van der Waals surface area contributed by atoms with Gasteiger partial charge in [-0.2, -0.15) is 0 Å². The van der Waals surface area contributed by atoms with E-state index in [9.17, 15) is 5.11 Å². The summed E-state index contributed by atoms with van der Waals surface area (Å²) in [4.78, 5) is 3.71. The second-order valence-electron chi connectivity index (χ2n) is 5.59. The number of hydrogen-bond donors (Lipinski definition) is 1. The number of aliphatic hydroxyl groups is 1. The lowest BCUT2D eigenvalue weighted by atomic mass is 9.89. The molecule has 0 radical (unpaired) electrons.